The van der Waals surface area contributed by atoms with Crippen LogP contribution in [0.2, 0.25) is 0 Å². The van der Waals surface area contributed by atoms with Crippen LogP contribution in [0.5, 0.6) is 0 Å². The fraction of sp³-hybridized carbons (Fsp3) is 0.222. The number of rotatable bonds is 3. The molecule has 0 N–H and O–H groups in total. The van der Waals surface area contributed by atoms with E-state index >= 15 is 0 Å². The van der Waals surface area contributed by atoms with Gasteiger partial charge in [-0.2, -0.15) is 0 Å². The lowest BCUT2D eigenvalue weighted by molar-refractivity contribution is 0.0597. The lowest BCUT2D eigenvalue weighted by atomic mass is 10.2. The van der Waals surface area contributed by atoms with Gasteiger partial charge in [0, 0.05) is 4.90 Å². The zero-order valence-electron chi connectivity index (χ0n) is 7.12. The van der Waals surface area contributed by atoms with Gasteiger partial charge in [0.15, 0.2) is 0 Å². The summed E-state index contributed by atoms with van der Waals surface area (Å²) in [5.41, 5.74) is 0.565. The van der Waals surface area contributed by atoms with E-state index in [0.29, 0.717) is 10.8 Å². The molecule has 0 amide bonds. The molecular formula is C9H9ClO2S. The first-order valence-electron chi connectivity index (χ1n) is 3.65. The average molecular weight is 217 g/mol. The van der Waals surface area contributed by atoms with E-state index in [1.807, 2.05) is 12.1 Å². The SMILES string of the molecule is COC(=O)c1ccccc1SCCl. The number of ether oxygens (including phenoxy) is 1. The highest BCUT2D eigenvalue weighted by atomic mass is 35.5. The van der Waals surface area contributed by atoms with Crippen molar-refractivity contribution >= 4 is 29.3 Å². The Labute approximate surface area is 86.2 Å². The molecule has 1 rings (SSSR count). The summed E-state index contributed by atoms with van der Waals surface area (Å²) in [7, 11) is 1.37. The third-order valence-electron chi connectivity index (χ3n) is 1.50. The van der Waals surface area contributed by atoms with Gasteiger partial charge in [0.25, 0.3) is 0 Å². The van der Waals surface area contributed by atoms with Gasteiger partial charge in [-0.3, -0.25) is 0 Å². The van der Waals surface area contributed by atoms with Gasteiger partial charge in [-0.1, -0.05) is 12.1 Å². The van der Waals surface area contributed by atoms with Gasteiger partial charge in [0.1, 0.15) is 0 Å². The van der Waals surface area contributed by atoms with Gasteiger partial charge in [0.2, 0.25) is 0 Å². The maximum atomic E-state index is 11.2. The molecule has 0 heterocycles. The number of hydrogen-bond acceptors (Lipinski definition) is 3. The molecule has 0 aliphatic carbocycles. The van der Waals surface area contributed by atoms with Gasteiger partial charge < -0.3 is 4.74 Å². The molecule has 70 valence electrons. The highest BCUT2D eigenvalue weighted by Crippen LogP contribution is 2.23. The minimum Gasteiger partial charge on any atom is -0.465 e. The lowest BCUT2D eigenvalue weighted by Gasteiger charge is -2.04. The van der Waals surface area contributed by atoms with Crippen molar-refractivity contribution in [1.82, 2.24) is 0 Å². The molecule has 0 saturated carbocycles. The van der Waals surface area contributed by atoms with Crippen molar-refractivity contribution in [3.8, 4) is 0 Å². The van der Waals surface area contributed by atoms with E-state index in [9.17, 15) is 4.79 Å². The Balaban J connectivity index is 2.97. The van der Waals surface area contributed by atoms with Crippen molar-refractivity contribution < 1.29 is 9.53 Å². The van der Waals surface area contributed by atoms with E-state index in [2.05, 4.69) is 4.74 Å². The molecule has 0 unspecified atom stereocenters. The molecule has 0 aromatic heterocycles. The molecule has 0 atom stereocenters. The Morgan fingerprint density at radius 3 is 2.85 bits per heavy atom. The summed E-state index contributed by atoms with van der Waals surface area (Å²) in [4.78, 5) is 12.1. The van der Waals surface area contributed by atoms with E-state index in [1.165, 1.54) is 18.9 Å². The summed E-state index contributed by atoms with van der Waals surface area (Å²) < 4.78 is 4.63. The third kappa shape index (κ3) is 2.64. The standard InChI is InChI=1S/C9H9ClO2S/c1-12-9(11)7-4-2-3-5-8(7)13-6-10/h2-5H,6H2,1H3. The lowest BCUT2D eigenvalue weighted by Crippen LogP contribution is -2.02. The van der Waals surface area contributed by atoms with Crippen LogP contribution >= 0.6 is 23.4 Å². The molecular weight excluding hydrogens is 208 g/mol. The fourth-order valence-electron chi connectivity index (χ4n) is 0.930. The molecule has 2 nitrogen and oxygen atoms in total. The van der Waals surface area contributed by atoms with Crippen LogP contribution in [0.3, 0.4) is 0 Å². The smallest absolute Gasteiger partial charge is 0.338 e. The minimum atomic E-state index is -0.326. The Morgan fingerprint density at radius 2 is 2.23 bits per heavy atom. The monoisotopic (exact) mass is 216 g/mol. The minimum absolute atomic E-state index is 0.326. The number of alkyl halides is 1. The summed E-state index contributed by atoms with van der Waals surface area (Å²) in [5, 5.41) is 0.425. The molecule has 0 aliphatic rings. The van der Waals surface area contributed by atoms with Crippen LogP contribution in [0.4, 0.5) is 0 Å². The summed E-state index contributed by atoms with van der Waals surface area (Å²) in [6.45, 7) is 0. The number of carbonyl (C=O) groups is 1. The molecule has 0 saturated heterocycles. The Morgan fingerprint density at radius 1 is 1.54 bits per heavy atom. The van der Waals surface area contributed by atoms with Gasteiger partial charge in [-0.15, -0.1) is 23.4 Å². The number of thioether (sulfide) groups is 1. The fourth-order valence-corrected chi connectivity index (χ4v) is 1.88. The number of methoxy groups -OCH3 is 1. The Kier molecular flexibility index (Phi) is 4.12. The molecule has 0 aliphatic heterocycles. The number of hydrogen-bond donors (Lipinski definition) is 0. The van der Waals surface area contributed by atoms with Crippen molar-refractivity contribution in [2.45, 2.75) is 4.90 Å². The second kappa shape index (κ2) is 5.14. The second-order valence-corrected chi connectivity index (χ2v) is 3.84. The zero-order chi connectivity index (χ0) is 9.68. The highest BCUT2D eigenvalue weighted by Gasteiger charge is 2.10. The number of benzene rings is 1. The van der Waals surface area contributed by atoms with Crippen LogP contribution in [-0.2, 0) is 4.74 Å². The van der Waals surface area contributed by atoms with E-state index in [4.69, 9.17) is 11.6 Å². The zero-order valence-corrected chi connectivity index (χ0v) is 8.69. The number of halogens is 1. The first kappa shape index (κ1) is 10.4. The number of carbonyl (C=O) groups excluding carboxylic acids is 1. The maximum absolute atomic E-state index is 11.2. The van der Waals surface area contributed by atoms with E-state index in [1.54, 1.807) is 12.1 Å². The quantitative estimate of drug-likeness (QED) is 0.442. The van der Waals surface area contributed by atoms with Crippen LogP contribution in [-0.4, -0.2) is 18.3 Å². The molecule has 0 bridgehead atoms. The molecule has 13 heavy (non-hydrogen) atoms. The molecule has 1 aromatic carbocycles. The van der Waals surface area contributed by atoms with Crippen LogP contribution in [0.25, 0.3) is 0 Å². The van der Waals surface area contributed by atoms with Crippen molar-refractivity contribution in [3.63, 3.8) is 0 Å². The van der Waals surface area contributed by atoms with E-state index in [-0.39, 0.29) is 5.97 Å². The molecule has 0 spiro atoms. The molecule has 4 heteroatoms. The average Bonchev–Trinajstić information content (AvgIpc) is 2.18. The predicted octanol–water partition coefficient (Wildman–Crippen LogP) is 2.76. The summed E-state index contributed by atoms with van der Waals surface area (Å²) in [6, 6.07) is 7.23. The van der Waals surface area contributed by atoms with Gasteiger partial charge in [-0.25, -0.2) is 4.79 Å². The molecule has 0 fully saturated rings. The van der Waals surface area contributed by atoms with Crippen molar-refractivity contribution in [2.24, 2.45) is 0 Å². The third-order valence-corrected chi connectivity index (χ3v) is 2.61. The highest BCUT2D eigenvalue weighted by molar-refractivity contribution is 8.00. The van der Waals surface area contributed by atoms with Gasteiger partial charge in [0.05, 0.1) is 17.9 Å². The summed E-state index contributed by atoms with van der Waals surface area (Å²) >= 11 is 6.98. The normalized spacial score (nSPS) is 9.69. The Bertz CT molecular complexity index is 301. The van der Waals surface area contributed by atoms with Crippen LogP contribution in [0, 0.1) is 0 Å². The topological polar surface area (TPSA) is 26.3 Å². The van der Waals surface area contributed by atoms with E-state index < -0.39 is 0 Å². The van der Waals surface area contributed by atoms with Gasteiger partial charge >= 0.3 is 5.97 Å². The summed E-state index contributed by atoms with van der Waals surface area (Å²) in [5.74, 6) is -0.326. The first-order chi connectivity index (χ1) is 6.29. The Hall–Kier alpha value is -0.670. The van der Waals surface area contributed by atoms with Gasteiger partial charge in [-0.05, 0) is 12.1 Å². The van der Waals surface area contributed by atoms with E-state index in [0.717, 1.165) is 4.90 Å². The molecule has 1 aromatic rings. The number of esters is 1. The first-order valence-corrected chi connectivity index (χ1v) is 5.17. The van der Waals surface area contributed by atoms with Crippen molar-refractivity contribution in [2.75, 3.05) is 12.3 Å². The largest absolute Gasteiger partial charge is 0.465 e. The van der Waals surface area contributed by atoms with Crippen molar-refractivity contribution in [3.05, 3.63) is 29.8 Å². The van der Waals surface area contributed by atoms with Crippen LogP contribution < -0.4 is 0 Å². The predicted molar refractivity (Wildman–Crippen MR) is 54.4 cm³/mol. The summed E-state index contributed by atoms with van der Waals surface area (Å²) in [6.07, 6.45) is 0. The second-order valence-electron chi connectivity index (χ2n) is 2.24. The van der Waals surface area contributed by atoms with Crippen LogP contribution in [0.15, 0.2) is 29.2 Å². The van der Waals surface area contributed by atoms with Crippen molar-refractivity contribution in [1.29, 1.82) is 0 Å². The molecule has 0 radical (unpaired) electrons. The van der Waals surface area contributed by atoms with Crippen LogP contribution in [0.1, 0.15) is 10.4 Å². The maximum Gasteiger partial charge on any atom is 0.338 e.